The van der Waals surface area contributed by atoms with Crippen LogP contribution < -0.4 is 14.7 Å². The molecule has 0 amide bonds. The van der Waals surface area contributed by atoms with Crippen LogP contribution >= 0.6 is 0 Å². The number of nitro groups is 1. The average molecular weight is 499 g/mol. The number of anilines is 3. The van der Waals surface area contributed by atoms with Gasteiger partial charge in [0.1, 0.15) is 12.1 Å². The predicted octanol–water partition coefficient (Wildman–Crippen LogP) is 5.06. The van der Waals surface area contributed by atoms with E-state index >= 15 is 0 Å². The van der Waals surface area contributed by atoms with Crippen molar-refractivity contribution in [1.29, 1.82) is 0 Å². The highest BCUT2D eigenvalue weighted by Crippen LogP contribution is 2.36. The van der Waals surface area contributed by atoms with Crippen molar-refractivity contribution in [3.8, 4) is 0 Å². The Morgan fingerprint density at radius 1 is 0.784 bits per heavy atom. The van der Waals surface area contributed by atoms with E-state index in [-0.39, 0.29) is 23.1 Å². The highest BCUT2D eigenvalue weighted by Gasteiger charge is 2.32. The molecule has 5 rings (SSSR count). The number of hydrogen-bond donors (Lipinski definition) is 0. The lowest BCUT2D eigenvalue weighted by molar-refractivity contribution is -0.383. The van der Waals surface area contributed by atoms with Gasteiger partial charge in [0.15, 0.2) is 0 Å². The van der Waals surface area contributed by atoms with Crippen LogP contribution in [0.15, 0.2) is 91.3 Å². The first kappa shape index (κ1) is 24.2. The lowest BCUT2D eigenvalue weighted by atomic mass is 10.1. The predicted molar refractivity (Wildman–Crippen MR) is 142 cm³/mol. The largest absolute Gasteiger partial charge is 0.366 e. The first-order chi connectivity index (χ1) is 18.1. The van der Waals surface area contributed by atoms with Crippen LogP contribution in [0.3, 0.4) is 0 Å². The number of rotatable bonds is 8. The molecule has 2 heterocycles. The van der Waals surface area contributed by atoms with Crippen molar-refractivity contribution in [3.63, 3.8) is 0 Å². The maximum absolute atomic E-state index is 14.3. The first-order valence-corrected chi connectivity index (χ1v) is 12.2. The van der Waals surface area contributed by atoms with Gasteiger partial charge in [-0.3, -0.25) is 10.1 Å². The highest BCUT2D eigenvalue weighted by atomic mass is 19.1. The minimum absolute atomic E-state index is 0.117. The second-order valence-corrected chi connectivity index (χ2v) is 8.88. The van der Waals surface area contributed by atoms with Crippen molar-refractivity contribution in [2.45, 2.75) is 13.1 Å². The van der Waals surface area contributed by atoms with Crippen molar-refractivity contribution in [1.82, 2.24) is 9.97 Å². The van der Waals surface area contributed by atoms with Crippen LogP contribution in [-0.4, -0.2) is 41.1 Å². The van der Waals surface area contributed by atoms with Gasteiger partial charge < -0.3 is 14.7 Å². The molecule has 0 spiro atoms. The molecule has 1 aromatic heterocycles. The number of piperazine rings is 1. The third-order valence-electron chi connectivity index (χ3n) is 6.47. The topological polar surface area (TPSA) is 78.6 Å². The Labute approximate surface area is 214 Å². The van der Waals surface area contributed by atoms with Gasteiger partial charge in [-0.25, -0.2) is 14.4 Å². The van der Waals surface area contributed by atoms with Crippen molar-refractivity contribution in [3.05, 3.63) is 118 Å². The maximum atomic E-state index is 14.3. The van der Waals surface area contributed by atoms with E-state index in [1.54, 1.807) is 18.2 Å². The summed E-state index contributed by atoms with van der Waals surface area (Å²) in [4.78, 5) is 26.6. The molecule has 1 aliphatic heterocycles. The molecule has 8 nitrogen and oxygen atoms in total. The zero-order valence-corrected chi connectivity index (χ0v) is 20.3. The summed E-state index contributed by atoms with van der Waals surface area (Å²) < 4.78 is 14.3. The Morgan fingerprint density at radius 2 is 1.32 bits per heavy atom. The fourth-order valence-corrected chi connectivity index (χ4v) is 4.67. The molecule has 0 atom stereocenters. The first-order valence-electron chi connectivity index (χ1n) is 12.2. The van der Waals surface area contributed by atoms with E-state index in [4.69, 9.17) is 0 Å². The Kier molecular flexibility index (Phi) is 7.21. The normalized spacial score (nSPS) is 13.4. The molecule has 0 unspecified atom stereocenters. The summed E-state index contributed by atoms with van der Waals surface area (Å²) in [5, 5.41) is 12.4. The molecular weight excluding hydrogens is 471 g/mol. The number of para-hydroxylation sites is 1. The van der Waals surface area contributed by atoms with Crippen LogP contribution in [0, 0.1) is 15.9 Å². The van der Waals surface area contributed by atoms with E-state index in [0.717, 1.165) is 11.1 Å². The monoisotopic (exact) mass is 498 g/mol. The molecular formula is C28H27FN6O2. The summed E-state index contributed by atoms with van der Waals surface area (Å²) in [7, 11) is 0. The van der Waals surface area contributed by atoms with E-state index in [2.05, 4.69) is 9.97 Å². The van der Waals surface area contributed by atoms with Gasteiger partial charge in [-0.05, 0) is 23.3 Å². The molecule has 0 radical (unpaired) electrons. The summed E-state index contributed by atoms with van der Waals surface area (Å²) in [5.41, 5.74) is 2.46. The van der Waals surface area contributed by atoms with Gasteiger partial charge in [0.05, 0.1) is 10.6 Å². The molecule has 1 saturated heterocycles. The van der Waals surface area contributed by atoms with Crippen molar-refractivity contribution in [2.75, 3.05) is 40.9 Å². The summed E-state index contributed by atoms with van der Waals surface area (Å²) in [6.07, 6.45) is 1.39. The van der Waals surface area contributed by atoms with Crippen molar-refractivity contribution in [2.24, 2.45) is 0 Å². The fourth-order valence-electron chi connectivity index (χ4n) is 4.67. The van der Waals surface area contributed by atoms with Crippen LogP contribution in [0.1, 0.15) is 11.1 Å². The minimum Gasteiger partial charge on any atom is -0.366 e. The van der Waals surface area contributed by atoms with E-state index < -0.39 is 4.92 Å². The number of halogens is 1. The van der Waals surface area contributed by atoms with E-state index in [1.807, 2.05) is 75.4 Å². The third-order valence-corrected chi connectivity index (χ3v) is 6.47. The Hall–Kier alpha value is -4.53. The zero-order valence-electron chi connectivity index (χ0n) is 20.3. The van der Waals surface area contributed by atoms with Gasteiger partial charge in [0.2, 0.25) is 11.6 Å². The molecule has 0 saturated carbocycles. The van der Waals surface area contributed by atoms with E-state index in [1.165, 1.54) is 12.4 Å². The third kappa shape index (κ3) is 5.50. The van der Waals surface area contributed by atoms with E-state index in [9.17, 15) is 14.5 Å². The van der Waals surface area contributed by atoms with Crippen LogP contribution in [0.25, 0.3) is 0 Å². The number of benzene rings is 3. The fraction of sp³-hybridized carbons (Fsp3) is 0.214. The number of nitrogens with zero attached hydrogens (tertiary/aromatic N) is 6. The lowest BCUT2D eigenvalue weighted by Crippen LogP contribution is -2.47. The average Bonchev–Trinajstić information content (AvgIpc) is 2.94. The molecule has 1 aliphatic rings. The van der Waals surface area contributed by atoms with Crippen molar-refractivity contribution >= 4 is 23.0 Å². The van der Waals surface area contributed by atoms with Gasteiger partial charge in [0.25, 0.3) is 0 Å². The standard InChI is InChI=1S/C28H27FN6O2/c29-24-13-7-8-14-25(24)32-15-17-33(18-16-32)27-26(35(36)37)28(31-21-30-27)34(19-22-9-3-1-4-10-22)20-23-11-5-2-6-12-23/h1-14,21H,15-20H2. The van der Waals surface area contributed by atoms with Gasteiger partial charge in [-0.2, -0.15) is 0 Å². The summed E-state index contributed by atoms with van der Waals surface area (Å²) >= 11 is 0. The Balaban J connectivity index is 1.46. The summed E-state index contributed by atoms with van der Waals surface area (Å²) in [6.45, 7) is 2.90. The number of hydrogen-bond acceptors (Lipinski definition) is 7. The van der Waals surface area contributed by atoms with Gasteiger partial charge >= 0.3 is 5.69 Å². The second kappa shape index (κ2) is 11.0. The van der Waals surface area contributed by atoms with Crippen molar-refractivity contribution < 1.29 is 9.31 Å². The Bertz CT molecular complexity index is 1310. The number of aromatic nitrogens is 2. The molecule has 0 bridgehead atoms. The summed E-state index contributed by atoms with van der Waals surface area (Å²) in [5.74, 6) is 0.289. The minimum atomic E-state index is -0.392. The van der Waals surface area contributed by atoms with E-state index in [0.29, 0.717) is 45.0 Å². The SMILES string of the molecule is O=[N+]([O-])c1c(N2CCN(c3ccccc3F)CC2)ncnc1N(Cc1ccccc1)Cc1ccccc1. The lowest BCUT2D eigenvalue weighted by Gasteiger charge is -2.36. The molecule has 1 fully saturated rings. The molecule has 0 N–H and O–H groups in total. The second-order valence-electron chi connectivity index (χ2n) is 8.88. The smallest absolute Gasteiger partial charge is 0.353 e. The quantitative estimate of drug-likeness (QED) is 0.248. The van der Waals surface area contributed by atoms with Crippen LogP contribution in [0.4, 0.5) is 27.4 Å². The van der Waals surface area contributed by atoms with Gasteiger partial charge in [-0.15, -0.1) is 0 Å². The van der Waals surface area contributed by atoms with Crippen LogP contribution in [0.2, 0.25) is 0 Å². The molecule has 0 aliphatic carbocycles. The zero-order chi connectivity index (χ0) is 25.6. The molecule has 37 heavy (non-hydrogen) atoms. The molecule has 4 aromatic rings. The van der Waals surface area contributed by atoms with Gasteiger partial charge in [0, 0.05) is 39.3 Å². The summed E-state index contributed by atoms with van der Waals surface area (Å²) in [6, 6.07) is 26.3. The van der Waals surface area contributed by atoms with Crippen LogP contribution in [-0.2, 0) is 13.1 Å². The molecule has 9 heteroatoms. The maximum Gasteiger partial charge on any atom is 0.353 e. The highest BCUT2D eigenvalue weighted by molar-refractivity contribution is 5.72. The molecule has 3 aromatic carbocycles. The van der Waals surface area contributed by atoms with Crippen LogP contribution in [0.5, 0.6) is 0 Å². The van der Waals surface area contributed by atoms with Gasteiger partial charge in [-0.1, -0.05) is 72.8 Å². The Morgan fingerprint density at radius 3 is 1.89 bits per heavy atom. The molecule has 188 valence electrons.